The highest BCUT2D eigenvalue weighted by molar-refractivity contribution is 5.89. The minimum Gasteiger partial charge on any atom is -0.465 e. The van der Waals surface area contributed by atoms with Crippen LogP contribution in [0.3, 0.4) is 0 Å². The third-order valence-electron chi connectivity index (χ3n) is 4.84. The fourth-order valence-corrected chi connectivity index (χ4v) is 3.65. The van der Waals surface area contributed by atoms with Gasteiger partial charge in [0.2, 0.25) is 0 Å². The van der Waals surface area contributed by atoms with Crippen molar-refractivity contribution >= 4 is 5.97 Å². The molecule has 120 valence electrons. The Hall–Kier alpha value is -2.13. The largest absolute Gasteiger partial charge is 0.465 e. The van der Waals surface area contributed by atoms with Crippen molar-refractivity contribution in [3.63, 3.8) is 0 Å². The highest BCUT2D eigenvalue weighted by Gasteiger charge is 2.26. The minimum absolute atomic E-state index is 0.257. The molecular formula is C20H23NO2. The molecule has 0 amide bonds. The van der Waals surface area contributed by atoms with Crippen LogP contribution in [0.4, 0.5) is 0 Å². The molecule has 2 unspecified atom stereocenters. The van der Waals surface area contributed by atoms with E-state index in [1.165, 1.54) is 23.8 Å². The Morgan fingerprint density at radius 3 is 2.65 bits per heavy atom. The van der Waals surface area contributed by atoms with E-state index in [2.05, 4.69) is 41.7 Å². The molecule has 1 aliphatic rings. The van der Waals surface area contributed by atoms with E-state index in [-0.39, 0.29) is 5.97 Å². The summed E-state index contributed by atoms with van der Waals surface area (Å²) >= 11 is 0. The molecule has 2 atom stereocenters. The van der Waals surface area contributed by atoms with Gasteiger partial charge in [-0.3, -0.25) is 0 Å². The Kier molecular flexibility index (Phi) is 4.77. The Morgan fingerprint density at radius 1 is 1.17 bits per heavy atom. The highest BCUT2D eigenvalue weighted by Crippen LogP contribution is 2.34. The van der Waals surface area contributed by atoms with Gasteiger partial charge < -0.3 is 10.1 Å². The van der Waals surface area contributed by atoms with Gasteiger partial charge in [-0.05, 0) is 61.1 Å². The Bertz CT molecular complexity index is 681. The lowest BCUT2D eigenvalue weighted by molar-refractivity contribution is 0.0600. The molecule has 0 radical (unpaired) electrons. The Balaban J connectivity index is 1.81. The van der Waals surface area contributed by atoms with Crippen LogP contribution in [0.25, 0.3) is 0 Å². The van der Waals surface area contributed by atoms with Gasteiger partial charge in [0.25, 0.3) is 0 Å². The number of esters is 1. The zero-order chi connectivity index (χ0) is 16.2. The molecule has 3 rings (SSSR count). The quantitative estimate of drug-likeness (QED) is 0.878. The van der Waals surface area contributed by atoms with Gasteiger partial charge in [0.1, 0.15) is 0 Å². The van der Waals surface area contributed by atoms with Crippen molar-refractivity contribution in [3.8, 4) is 0 Å². The van der Waals surface area contributed by atoms with E-state index >= 15 is 0 Å². The molecule has 3 heteroatoms. The first-order chi connectivity index (χ1) is 11.2. The second kappa shape index (κ2) is 6.97. The van der Waals surface area contributed by atoms with Crippen LogP contribution in [0.1, 0.15) is 39.5 Å². The van der Waals surface area contributed by atoms with Crippen LogP contribution < -0.4 is 5.32 Å². The summed E-state index contributed by atoms with van der Waals surface area (Å²) in [6.07, 6.45) is 3.17. The summed E-state index contributed by atoms with van der Waals surface area (Å²) in [7, 11) is 3.46. The highest BCUT2D eigenvalue weighted by atomic mass is 16.5. The maximum atomic E-state index is 11.7. The molecule has 3 nitrogen and oxygen atoms in total. The number of aryl methyl sites for hydroxylation is 1. The summed E-state index contributed by atoms with van der Waals surface area (Å²) in [5.41, 5.74) is 4.63. The third-order valence-corrected chi connectivity index (χ3v) is 4.84. The van der Waals surface area contributed by atoms with Gasteiger partial charge in [-0.2, -0.15) is 0 Å². The first kappa shape index (κ1) is 15.8. The monoisotopic (exact) mass is 309 g/mol. The second-order valence-electron chi connectivity index (χ2n) is 6.15. The van der Waals surface area contributed by atoms with Gasteiger partial charge in [-0.15, -0.1) is 0 Å². The van der Waals surface area contributed by atoms with E-state index in [4.69, 9.17) is 4.74 Å². The molecule has 0 bridgehead atoms. The molecule has 0 spiro atoms. The molecule has 0 saturated heterocycles. The van der Waals surface area contributed by atoms with Crippen molar-refractivity contribution in [3.05, 3.63) is 70.8 Å². The van der Waals surface area contributed by atoms with Crippen LogP contribution in [-0.4, -0.2) is 20.1 Å². The zero-order valence-corrected chi connectivity index (χ0v) is 13.7. The van der Waals surface area contributed by atoms with Crippen molar-refractivity contribution < 1.29 is 9.53 Å². The normalized spacial score (nSPS) is 18.1. The number of rotatable bonds is 4. The van der Waals surface area contributed by atoms with Crippen LogP contribution in [0.5, 0.6) is 0 Å². The maximum Gasteiger partial charge on any atom is 0.337 e. The van der Waals surface area contributed by atoms with Crippen molar-refractivity contribution in [2.24, 2.45) is 5.92 Å². The van der Waals surface area contributed by atoms with E-state index in [9.17, 15) is 4.79 Å². The van der Waals surface area contributed by atoms with E-state index in [1.807, 2.05) is 19.2 Å². The number of nitrogens with one attached hydrogen (secondary N) is 1. The molecule has 2 aromatic rings. The van der Waals surface area contributed by atoms with Crippen molar-refractivity contribution in [1.29, 1.82) is 0 Å². The summed E-state index contributed by atoms with van der Waals surface area (Å²) in [5.74, 6) is 0.311. The first-order valence-electron chi connectivity index (χ1n) is 8.15. The molecule has 0 heterocycles. The molecule has 2 aromatic carbocycles. The molecule has 0 aliphatic heterocycles. The fraction of sp³-hybridized carbons (Fsp3) is 0.350. The van der Waals surface area contributed by atoms with Crippen LogP contribution in [0.2, 0.25) is 0 Å². The Morgan fingerprint density at radius 2 is 1.96 bits per heavy atom. The molecular weight excluding hydrogens is 286 g/mol. The molecule has 23 heavy (non-hydrogen) atoms. The zero-order valence-electron chi connectivity index (χ0n) is 13.7. The van der Waals surface area contributed by atoms with Gasteiger partial charge >= 0.3 is 5.97 Å². The predicted octanol–water partition coefficient (Wildman–Crippen LogP) is 3.54. The minimum atomic E-state index is -0.257. The standard InChI is InChI=1S/C20H23NO2/c1-21-19(14-6-4-3-5-7-14)17-10-8-16-13-18(20(22)23-2)11-9-15(16)12-17/h3-7,9,11,13,17,19,21H,8,10,12H2,1-2H3. The molecule has 0 saturated carbocycles. The summed E-state index contributed by atoms with van der Waals surface area (Å²) in [4.78, 5) is 11.7. The smallest absolute Gasteiger partial charge is 0.337 e. The fourth-order valence-electron chi connectivity index (χ4n) is 3.65. The summed E-state index contributed by atoms with van der Waals surface area (Å²) in [6.45, 7) is 0. The van der Waals surface area contributed by atoms with Gasteiger partial charge in [0.05, 0.1) is 12.7 Å². The number of methoxy groups -OCH3 is 1. The van der Waals surface area contributed by atoms with E-state index in [0.717, 1.165) is 19.3 Å². The summed E-state index contributed by atoms with van der Waals surface area (Å²) < 4.78 is 4.81. The third kappa shape index (κ3) is 3.30. The average Bonchev–Trinajstić information content (AvgIpc) is 2.62. The number of hydrogen-bond acceptors (Lipinski definition) is 3. The van der Waals surface area contributed by atoms with Crippen LogP contribution in [-0.2, 0) is 17.6 Å². The van der Waals surface area contributed by atoms with Gasteiger partial charge in [0, 0.05) is 6.04 Å². The van der Waals surface area contributed by atoms with Gasteiger partial charge in [-0.1, -0.05) is 36.4 Å². The van der Waals surface area contributed by atoms with Crippen molar-refractivity contribution in [2.75, 3.05) is 14.2 Å². The number of ether oxygens (including phenoxy) is 1. The van der Waals surface area contributed by atoms with E-state index in [0.29, 0.717) is 17.5 Å². The van der Waals surface area contributed by atoms with Gasteiger partial charge in [-0.25, -0.2) is 4.79 Å². The summed E-state index contributed by atoms with van der Waals surface area (Å²) in [6, 6.07) is 17.0. The first-order valence-corrected chi connectivity index (χ1v) is 8.15. The lowest BCUT2D eigenvalue weighted by atomic mass is 9.77. The van der Waals surface area contributed by atoms with Crippen molar-refractivity contribution in [1.82, 2.24) is 5.32 Å². The van der Waals surface area contributed by atoms with E-state index in [1.54, 1.807) is 0 Å². The van der Waals surface area contributed by atoms with Crippen LogP contribution in [0.15, 0.2) is 48.5 Å². The van der Waals surface area contributed by atoms with E-state index < -0.39 is 0 Å². The molecule has 0 fully saturated rings. The number of carbonyl (C=O) groups is 1. The lowest BCUT2D eigenvalue weighted by Crippen LogP contribution is -2.29. The van der Waals surface area contributed by atoms with Crippen LogP contribution in [0, 0.1) is 5.92 Å². The second-order valence-corrected chi connectivity index (χ2v) is 6.15. The Labute approximate surface area is 137 Å². The van der Waals surface area contributed by atoms with Crippen molar-refractivity contribution in [2.45, 2.75) is 25.3 Å². The van der Waals surface area contributed by atoms with Gasteiger partial charge in [0.15, 0.2) is 0 Å². The number of benzene rings is 2. The molecule has 0 aromatic heterocycles. The maximum absolute atomic E-state index is 11.7. The topological polar surface area (TPSA) is 38.3 Å². The average molecular weight is 309 g/mol. The number of carbonyl (C=O) groups excluding carboxylic acids is 1. The molecule has 1 aliphatic carbocycles. The lowest BCUT2D eigenvalue weighted by Gasteiger charge is -2.32. The molecule has 1 N–H and O–H groups in total. The van der Waals surface area contributed by atoms with Crippen LogP contribution >= 0.6 is 0 Å². The predicted molar refractivity (Wildman–Crippen MR) is 91.5 cm³/mol. The summed E-state index contributed by atoms with van der Waals surface area (Å²) in [5, 5.41) is 3.48. The number of hydrogen-bond donors (Lipinski definition) is 1. The SMILES string of the molecule is CNC(c1ccccc1)C1CCc2cc(C(=O)OC)ccc2C1. The number of fused-ring (bicyclic) bond motifs is 1.